The average Bonchev–Trinajstić information content (AvgIpc) is 3.26. The van der Waals surface area contributed by atoms with Crippen molar-refractivity contribution in [3.05, 3.63) is 66.2 Å². The van der Waals surface area contributed by atoms with Gasteiger partial charge in [-0.2, -0.15) is 13.2 Å². The number of anilines is 3. The second kappa shape index (κ2) is 11.1. The molecule has 2 aromatic heterocycles. The van der Waals surface area contributed by atoms with Gasteiger partial charge in [-0.25, -0.2) is 14.8 Å². The first-order valence-corrected chi connectivity index (χ1v) is 12.6. The Morgan fingerprint density at radius 2 is 1.72 bits per heavy atom. The van der Waals surface area contributed by atoms with Crippen LogP contribution in [0, 0.1) is 0 Å². The molecule has 0 bridgehead atoms. The van der Waals surface area contributed by atoms with Gasteiger partial charge >= 0.3 is 12.2 Å². The number of carbonyl (C=O) groups excluding carboxylic acids is 2. The number of imidazole rings is 1. The number of nitrogens with zero attached hydrogens (tertiary/aromatic N) is 5. The smallest absolute Gasteiger partial charge is 0.353 e. The monoisotopic (exact) mass is 613 g/mol. The van der Waals surface area contributed by atoms with Gasteiger partial charge in [0.1, 0.15) is 5.82 Å². The van der Waals surface area contributed by atoms with Crippen molar-refractivity contribution in [2.24, 2.45) is 0 Å². The maximum absolute atomic E-state index is 13.2. The van der Waals surface area contributed by atoms with Crippen molar-refractivity contribution in [1.82, 2.24) is 19.4 Å². The number of benzene rings is 1. The van der Waals surface area contributed by atoms with Crippen LogP contribution < -0.4 is 15.5 Å². The summed E-state index contributed by atoms with van der Waals surface area (Å²) in [6.45, 7) is 2.80. The van der Waals surface area contributed by atoms with Gasteiger partial charge in [-0.1, -0.05) is 28.7 Å². The van der Waals surface area contributed by atoms with Crippen LogP contribution in [-0.2, 0) is 12.7 Å². The average molecular weight is 613 g/mol. The van der Waals surface area contributed by atoms with Gasteiger partial charge in [-0.15, -0.1) is 0 Å². The van der Waals surface area contributed by atoms with Crippen molar-refractivity contribution in [3.63, 3.8) is 0 Å². The second-order valence-electron chi connectivity index (χ2n) is 7.95. The predicted octanol–water partition coefficient (Wildman–Crippen LogP) is 4.34. The third-order valence-electron chi connectivity index (χ3n) is 5.55. The van der Waals surface area contributed by atoms with Crippen LogP contribution in [0.5, 0.6) is 0 Å². The van der Waals surface area contributed by atoms with E-state index in [4.69, 9.17) is 0 Å². The van der Waals surface area contributed by atoms with E-state index in [1.54, 1.807) is 21.9 Å². The van der Waals surface area contributed by atoms with Crippen molar-refractivity contribution >= 4 is 51.9 Å². The number of piperazine rings is 1. The zero-order valence-electron chi connectivity index (χ0n) is 19.0. The fourth-order valence-corrected chi connectivity index (χ4v) is 4.27. The zero-order valence-corrected chi connectivity index (χ0v) is 21.2. The van der Waals surface area contributed by atoms with E-state index in [9.17, 15) is 22.8 Å². The number of aryl methyl sites for hydroxylation is 1. The lowest BCUT2D eigenvalue weighted by molar-refractivity contribution is -0.137. The minimum Gasteiger partial charge on any atom is -0.353 e. The molecule has 1 aliphatic rings. The number of amides is 3. The molecule has 0 atom stereocenters. The van der Waals surface area contributed by atoms with Gasteiger partial charge in [0.25, 0.3) is 5.91 Å². The molecule has 0 radical (unpaired) electrons. The van der Waals surface area contributed by atoms with Gasteiger partial charge in [-0.05, 0) is 36.4 Å². The summed E-state index contributed by atoms with van der Waals surface area (Å²) < 4.78 is 40.6. The van der Waals surface area contributed by atoms with Gasteiger partial charge in [0.2, 0.25) is 5.82 Å². The normalized spacial score (nSPS) is 14.0. The number of aromatic nitrogens is 3. The van der Waals surface area contributed by atoms with Crippen LogP contribution >= 0.6 is 22.6 Å². The summed E-state index contributed by atoms with van der Waals surface area (Å²) in [6, 6.07) is 9.11. The molecule has 0 saturated carbocycles. The second-order valence-corrected chi connectivity index (χ2v) is 9.03. The molecular formula is C23H23F3IN7O2. The third kappa shape index (κ3) is 6.25. The van der Waals surface area contributed by atoms with Crippen LogP contribution in [0.1, 0.15) is 16.2 Å². The molecule has 1 saturated heterocycles. The van der Waals surface area contributed by atoms with Crippen LogP contribution in [0.2, 0.25) is 0 Å². The third-order valence-corrected chi connectivity index (χ3v) is 6.03. The molecule has 3 amide bonds. The van der Waals surface area contributed by atoms with Crippen molar-refractivity contribution in [1.29, 1.82) is 0 Å². The minimum absolute atomic E-state index is 0.166. The Kier molecular flexibility index (Phi) is 7.96. The van der Waals surface area contributed by atoms with Gasteiger partial charge in [0.15, 0.2) is 5.82 Å². The number of halogens is 4. The summed E-state index contributed by atoms with van der Waals surface area (Å²) in [6.07, 6.45) is -1.15. The van der Waals surface area contributed by atoms with Crippen LogP contribution in [0.4, 0.5) is 35.3 Å². The SMILES string of the molecule is O=C(Nc1ccc(C(F)(F)F)cc1)Nc1cn(CCI)c(C(=O)N2CCN(c3ccccn3)CC2)n1. The van der Waals surface area contributed by atoms with E-state index in [0.29, 0.717) is 32.7 Å². The van der Waals surface area contributed by atoms with E-state index in [2.05, 4.69) is 48.1 Å². The number of alkyl halides is 4. The maximum Gasteiger partial charge on any atom is 0.416 e. The fraction of sp³-hybridized carbons (Fsp3) is 0.304. The summed E-state index contributed by atoms with van der Waals surface area (Å²) in [4.78, 5) is 38.1. The molecule has 0 unspecified atom stereocenters. The summed E-state index contributed by atoms with van der Waals surface area (Å²) in [5.41, 5.74) is -0.621. The van der Waals surface area contributed by atoms with Crippen LogP contribution in [-0.4, -0.2) is 62.0 Å². The van der Waals surface area contributed by atoms with Crippen molar-refractivity contribution in [2.75, 3.05) is 46.1 Å². The summed E-state index contributed by atoms with van der Waals surface area (Å²) in [5, 5.41) is 5.01. The molecule has 4 rings (SSSR count). The Labute approximate surface area is 218 Å². The highest BCUT2D eigenvalue weighted by Crippen LogP contribution is 2.29. The largest absolute Gasteiger partial charge is 0.416 e. The standard InChI is InChI=1S/C23H23F3IN7O2/c24-23(25,26)16-4-6-17(7-5-16)29-22(36)31-18-15-34(10-8-27)20(30-18)21(35)33-13-11-32(12-14-33)19-3-1-2-9-28-19/h1-7,9,15H,8,10-14H2,(H2,29,31,36). The van der Waals surface area contributed by atoms with Crippen molar-refractivity contribution in [2.45, 2.75) is 12.7 Å². The molecule has 190 valence electrons. The number of rotatable bonds is 6. The van der Waals surface area contributed by atoms with Crippen LogP contribution in [0.15, 0.2) is 54.9 Å². The number of hydrogen-bond acceptors (Lipinski definition) is 5. The molecular weight excluding hydrogens is 590 g/mol. The van der Waals surface area contributed by atoms with Gasteiger partial charge in [0, 0.05) is 55.2 Å². The number of carbonyl (C=O) groups is 2. The van der Waals surface area contributed by atoms with Crippen LogP contribution in [0.3, 0.4) is 0 Å². The fourth-order valence-electron chi connectivity index (χ4n) is 3.75. The quantitative estimate of drug-likeness (QED) is 0.319. The molecule has 0 spiro atoms. The molecule has 9 nitrogen and oxygen atoms in total. The molecule has 1 aromatic carbocycles. The Hall–Kier alpha value is -3.36. The van der Waals surface area contributed by atoms with E-state index >= 15 is 0 Å². The molecule has 2 N–H and O–H groups in total. The Balaban J connectivity index is 1.39. The number of hydrogen-bond donors (Lipinski definition) is 2. The number of pyridine rings is 1. The molecule has 13 heteroatoms. The first-order chi connectivity index (χ1) is 17.2. The topological polar surface area (TPSA) is 95.4 Å². The minimum atomic E-state index is -4.46. The highest BCUT2D eigenvalue weighted by Gasteiger charge is 2.30. The Morgan fingerprint density at radius 1 is 1.00 bits per heavy atom. The van der Waals surface area contributed by atoms with E-state index in [1.165, 1.54) is 0 Å². The molecule has 0 aliphatic carbocycles. The van der Waals surface area contributed by atoms with Crippen molar-refractivity contribution in [3.8, 4) is 0 Å². The lowest BCUT2D eigenvalue weighted by Gasteiger charge is -2.35. The Morgan fingerprint density at radius 3 is 2.33 bits per heavy atom. The molecule has 3 aromatic rings. The van der Waals surface area contributed by atoms with Gasteiger partial charge < -0.3 is 19.7 Å². The van der Waals surface area contributed by atoms with E-state index in [1.807, 2.05) is 18.2 Å². The molecule has 1 fully saturated rings. The van der Waals surface area contributed by atoms with Gasteiger partial charge in [-0.3, -0.25) is 10.1 Å². The highest BCUT2D eigenvalue weighted by atomic mass is 127. The molecule has 36 heavy (non-hydrogen) atoms. The summed E-state index contributed by atoms with van der Waals surface area (Å²) in [7, 11) is 0. The van der Waals surface area contributed by atoms with E-state index in [0.717, 1.165) is 34.5 Å². The number of nitrogens with one attached hydrogen (secondary N) is 2. The zero-order chi connectivity index (χ0) is 25.7. The Bertz CT molecular complexity index is 1190. The van der Waals surface area contributed by atoms with Crippen LogP contribution in [0.25, 0.3) is 0 Å². The molecule has 3 heterocycles. The lowest BCUT2D eigenvalue weighted by Crippen LogP contribution is -2.49. The van der Waals surface area contributed by atoms with E-state index < -0.39 is 17.8 Å². The molecule has 1 aliphatic heterocycles. The first-order valence-electron chi connectivity index (χ1n) is 11.1. The van der Waals surface area contributed by atoms with Crippen molar-refractivity contribution < 1.29 is 22.8 Å². The lowest BCUT2D eigenvalue weighted by atomic mass is 10.2. The summed E-state index contributed by atoms with van der Waals surface area (Å²) >= 11 is 2.19. The highest BCUT2D eigenvalue weighted by molar-refractivity contribution is 14.1. The van der Waals surface area contributed by atoms with Gasteiger partial charge in [0.05, 0.1) is 5.56 Å². The number of urea groups is 1. The predicted molar refractivity (Wildman–Crippen MR) is 138 cm³/mol. The first kappa shape index (κ1) is 25.7. The summed E-state index contributed by atoms with van der Waals surface area (Å²) in [5.74, 6) is 1.00. The maximum atomic E-state index is 13.2. The van der Waals surface area contributed by atoms with E-state index in [-0.39, 0.29) is 23.2 Å².